The minimum Gasteiger partial charge on any atom is -0.0627 e. The van der Waals surface area contributed by atoms with Crippen LogP contribution < -0.4 is 0 Å². The van der Waals surface area contributed by atoms with E-state index in [0.717, 1.165) is 0 Å². The van der Waals surface area contributed by atoms with Crippen molar-refractivity contribution >= 4 is 7.80 Å². The molecule has 1 nitrogen and oxygen atoms in total. The van der Waals surface area contributed by atoms with Crippen LogP contribution in [-0.2, 0) is 4.57 Å². The van der Waals surface area contributed by atoms with E-state index in [0.29, 0.717) is 0 Å². The molecule has 0 aromatic heterocycles. The second kappa shape index (κ2) is 3.97. The fourth-order valence-electron chi connectivity index (χ4n) is 0.575. The third-order valence-electron chi connectivity index (χ3n) is 1.02. The molecule has 0 aromatic rings. The van der Waals surface area contributed by atoms with Gasteiger partial charge in [0.25, 0.3) is 0 Å². The van der Waals surface area contributed by atoms with Crippen LogP contribution in [0, 0.1) is 0 Å². The molecule has 50 valence electrons. The first-order valence-corrected chi connectivity index (χ1v) is 4.43. The highest BCUT2D eigenvalue weighted by molar-refractivity contribution is 7.51. The Morgan fingerprint density at radius 1 is 0.700 bits per heavy atom. The quantitative estimate of drug-likeness (QED) is 0.486. The molecule has 0 amide bonds. The van der Waals surface area contributed by atoms with Crippen molar-refractivity contribution in [1.29, 1.82) is 0 Å². The molecular formula is C8H8OP+. The van der Waals surface area contributed by atoms with Crippen LogP contribution in [0.5, 0.6) is 0 Å². The molecule has 0 aliphatic carbocycles. The van der Waals surface area contributed by atoms with Gasteiger partial charge in [0.2, 0.25) is 0 Å². The summed E-state index contributed by atoms with van der Waals surface area (Å²) in [4.78, 5) is 0. The van der Waals surface area contributed by atoms with Crippen molar-refractivity contribution in [3.05, 3.63) is 48.1 Å². The molecule has 0 unspecified atom stereocenters. The average molecular weight is 151 g/mol. The lowest BCUT2D eigenvalue weighted by Gasteiger charge is -1.65. The molecule has 0 aromatic carbocycles. The van der Waals surface area contributed by atoms with Gasteiger partial charge in [-0.25, -0.2) is 0 Å². The Labute approximate surface area is 61.2 Å². The summed E-state index contributed by atoms with van der Waals surface area (Å²) < 4.78 is 10.9. The van der Waals surface area contributed by atoms with Gasteiger partial charge in [-0.3, -0.25) is 0 Å². The van der Waals surface area contributed by atoms with E-state index in [1.807, 2.05) is 24.3 Å². The molecule has 0 atom stereocenters. The van der Waals surface area contributed by atoms with Gasteiger partial charge in [0.05, 0.1) is 0 Å². The summed E-state index contributed by atoms with van der Waals surface area (Å²) in [5.74, 6) is 3.35. The van der Waals surface area contributed by atoms with E-state index in [2.05, 4.69) is 0 Å². The molecule has 0 saturated heterocycles. The smallest absolute Gasteiger partial charge is 0.0627 e. The van der Waals surface area contributed by atoms with Crippen molar-refractivity contribution < 1.29 is 4.57 Å². The Balaban J connectivity index is 2.80. The Morgan fingerprint density at radius 3 is 1.60 bits per heavy atom. The van der Waals surface area contributed by atoms with Gasteiger partial charge in [-0.1, -0.05) is 28.9 Å². The first-order chi connectivity index (χ1) is 4.89. The van der Waals surface area contributed by atoms with Crippen LogP contribution >= 0.6 is 7.80 Å². The van der Waals surface area contributed by atoms with E-state index in [4.69, 9.17) is 0 Å². The average Bonchev–Trinajstić information content (AvgIpc) is 2.02. The van der Waals surface area contributed by atoms with E-state index in [1.54, 1.807) is 23.8 Å². The summed E-state index contributed by atoms with van der Waals surface area (Å²) in [6, 6.07) is 0. The highest BCUT2D eigenvalue weighted by atomic mass is 31.1. The van der Waals surface area contributed by atoms with E-state index in [1.165, 1.54) is 0 Å². The van der Waals surface area contributed by atoms with Gasteiger partial charge >= 0.3 is 7.80 Å². The van der Waals surface area contributed by atoms with Crippen LogP contribution in [0.4, 0.5) is 0 Å². The van der Waals surface area contributed by atoms with Gasteiger partial charge in [-0.2, -0.15) is 0 Å². The van der Waals surface area contributed by atoms with E-state index in [9.17, 15) is 4.57 Å². The molecule has 1 aliphatic heterocycles. The lowest BCUT2D eigenvalue weighted by molar-refractivity contribution is 0.597. The highest BCUT2D eigenvalue weighted by Crippen LogP contribution is 2.23. The van der Waals surface area contributed by atoms with Gasteiger partial charge < -0.3 is 0 Å². The van der Waals surface area contributed by atoms with Crippen LogP contribution in [0.2, 0.25) is 0 Å². The Hall–Kier alpha value is -0.940. The molecule has 0 N–H and O–H groups in total. The first kappa shape index (κ1) is 7.17. The maximum absolute atomic E-state index is 10.9. The van der Waals surface area contributed by atoms with Crippen molar-refractivity contribution in [3.8, 4) is 0 Å². The summed E-state index contributed by atoms with van der Waals surface area (Å²) in [5, 5.41) is 0. The molecule has 1 aliphatic rings. The zero-order valence-electron chi connectivity index (χ0n) is 5.47. The molecule has 2 heteroatoms. The maximum Gasteiger partial charge on any atom is 0.399 e. The topological polar surface area (TPSA) is 17.1 Å². The number of hydrogen-bond acceptors (Lipinski definition) is 1. The summed E-state index contributed by atoms with van der Waals surface area (Å²) in [6.45, 7) is 0. The monoisotopic (exact) mass is 151 g/mol. The Morgan fingerprint density at radius 2 is 1.10 bits per heavy atom. The number of hydrogen-bond donors (Lipinski definition) is 0. The minimum absolute atomic E-state index is 1.27. The molecule has 10 heavy (non-hydrogen) atoms. The number of rotatable bonds is 0. The fraction of sp³-hybridized carbons (Fsp3) is 0. The predicted molar refractivity (Wildman–Crippen MR) is 44.2 cm³/mol. The predicted octanol–water partition coefficient (Wildman–Crippen LogP) is 2.97. The van der Waals surface area contributed by atoms with E-state index < -0.39 is 7.80 Å². The molecule has 0 saturated carbocycles. The van der Waals surface area contributed by atoms with Gasteiger partial charge in [0, 0.05) is 0 Å². The zero-order valence-corrected chi connectivity index (χ0v) is 6.37. The minimum atomic E-state index is -1.27. The summed E-state index contributed by atoms with van der Waals surface area (Å²) in [6.07, 6.45) is 11.1. The second-order valence-electron chi connectivity index (χ2n) is 1.81. The molecule has 0 radical (unpaired) electrons. The van der Waals surface area contributed by atoms with Crippen molar-refractivity contribution in [2.45, 2.75) is 0 Å². The second-order valence-corrected chi connectivity index (χ2v) is 3.13. The lowest BCUT2D eigenvalue weighted by atomic mass is 10.4. The largest absolute Gasteiger partial charge is 0.399 e. The molecule has 0 bridgehead atoms. The van der Waals surface area contributed by atoms with Gasteiger partial charge in [-0.05, 0) is 12.2 Å². The molecule has 1 heterocycles. The standard InChI is InChI=1S/C8H8OP/c9-10-7-5-3-1-2-4-6-8-10/h1-8H/q+1. The SMILES string of the molecule is O=[P+]1C=CC=CC=CC=C1. The van der Waals surface area contributed by atoms with Crippen LogP contribution in [0.15, 0.2) is 48.1 Å². The number of allylic oxidation sites excluding steroid dienone is 6. The first-order valence-electron chi connectivity index (χ1n) is 3.03. The van der Waals surface area contributed by atoms with Crippen LogP contribution in [-0.4, -0.2) is 0 Å². The van der Waals surface area contributed by atoms with E-state index in [-0.39, 0.29) is 0 Å². The summed E-state index contributed by atoms with van der Waals surface area (Å²) in [5.41, 5.74) is 0. The van der Waals surface area contributed by atoms with Crippen molar-refractivity contribution in [1.82, 2.24) is 0 Å². The van der Waals surface area contributed by atoms with Crippen molar-refractivity contribution in [3.63, 3.8) is 0 Å². The van der Waals surface area contributed by atoms with Gasteiger partial charge in [0.15, 0.2) is 11.6 Å². The van der Waals surface area contributed by atoms with Crippen molar-refractivity contribution in [2.24, 2.45) is 0 Å². The van der Waals surface area contributed by atoms with Gasteiger partial charge in [0.1, 0.15) is 0 Å². The molecule has 0 fully saturated rings. The van der Waals surface area contributed by atoms with E-state index >= 15 is 0 Å². The summed E-state index contributed by atoms with van der Waals surface area (Å²) >= 11 is 0. The molecular weight excluding hydrogens is 143 g/mol. The lowest BCUT2D eigenvalue weighted by Crippen LogP contribution is -1.45. The fourth-order valence-corrected chi connectivity index (χ4v) is 1.21. The zero-order chi connectivity index (χ0) is 7.23. The molecule has 1 rings (SSSR count). The van der Waals surface area contributed by atoms with Crippen LogP contribution in [0.25, 0.3) is 0 Å². The van der Waals surface area contributed by atoms with Crippen LogP contribution in [0.3, 0.4) is 0 Å². The highest BCUT2D eigenvalue weighted by Gasteiger charge is 2.00. The maximum atomic E-state index is 10.9. The Kier molecular flexibility index (Phi) is 2.85. The normalized spacial score (nSPS) is 20.2. The third-order valence-corrected chi connectivity index (χ3v) is 1.95. The Bertz CT molecular complexity index is 210. The van der Waals surface area contributed by atoms with Crippen LogP contribution in [0.1, 0.15) is 0 Å². The van der Waals surface area contributed by atoms with Gasteiger partial charge in [-0.15, -0.1) is 0 Å². The third kappa shape index (κ3) is 2.56. The summed E-state index contributed by atoms with van der Waals surface area (Å²) in [7, 11) is -1.27. The molecule has 0 spiro atoms. The van der Waals surface area contributed by atoms with Crippen molar-refractivity contribution in [2.75, 3.05) is 0 Å².